The second-order valence-electron chi connectivity index (χ2n) is 5.59. The quantitative estimate of drug-likeness (QED) is 0.697. The lowest BCUT2D eigenvalue weighted by molar-refractivity contribution is -0.129. The van der Waals surface area contributed by atoms with Crippen LogP contribution in [-0.2, 0) is 4.79 Å². The van der Waals surface area contributed by atoms with E-state index in [4.69, 9.17) is 5.73 Å². The molecule has 4 N–H and O–H groups in total. The van der Waals surface area contributed by atoms with Crippen molar-refractivity contribution in [2.75, 3.05) is 25.0 Å². The molecule has 0 unspecified atom stereocenters. The van der Waals surface area contributed by atoms with Gasteiger partial charge in [-0.1, -0.05) is 6.08 Å². The van der Waals surface area contributed by atoms with Crippen LogP contribution in [0.1, 0.15) is 0 Å². The number of anilines is 1. The molecule has 7 heteroatoms. The Morgan fingerprint density at radius 2 is 2.12 bits per heavy atom. The Hall–Kier alpha value is -2.93. The largest absolute Gasteiger partial charge is 0.374 e. The van der Waals surface area contributed by atoms with Gasteiger partial charge in [0.1, 0.15) is 5.69 Å². The lowest BCUT2D eigenvalue weighted by atomic mass is 10.1. The van der Waals surface area contributed by atoms with Gasteiger partial charge in [0, 0.05) is 49.9 Å². The standard InChI is InChI=1S/C17H19N5O2/c18-5-1-2-16(23)22-10-14(11-22)21-15-8-13(9-20-17(15)24)12-3-6-19-7-4-12/h1-4,6-9,14,21H,5,10-11,18H2,(H,20,24)/b2-1+. The molecular formula is C17H19N5O2. The summed E-state index contributed by atoms with van der Waals surface area (Å²) >= 11 is 0. The number of aromatic amines is 1. The van der Waals surface area contributed by atoms with Gasteiger partial charge in [-0.2, -0.15) is 0 Å². The zero-order valence-corrected chi connectivity index (χ0v) is 13.1. The zero-order valence-electron chi connectivity index (χ0n) is 13.1. The lowest BCUT2D eigenvalue weighted by Crippen LogP contribution is -2.57. The summed E-state index contributed by atoms with van der Waals surface area (Å²) in [7, 11) is 0. The summed E-state index contributed by atoms with van der Waals surface area (Å²) in [6, 6.07) is 5.64. The fourth-order valence-electron chi connectivity index (χ4n) is 2.55. The first kappa shape index (κ1) is 15.9. The number of pyridine rings is 2. The molecule has 3 rings (SSSR count). The maximum atomic E-state index is 12.0. The molecule has 0 aliphatic carbocycles. The van der Waals surface area contributed by atoms with E-state index < -0.39 is 0 Å². The van der Waals surface area contributed by atoms with Crippen LogP contribution in [-0.4, -0.2) is 46.5 Å². The molecule has 1 amide bonds. The molecule has 24 heavy (non-hydrogen) atoms. The summed E-state index contributed by atoms with van der Waals surface area (Å²) < 4.78 is 0. The van der Waals surface area contributed by atoms with Crippen LogP contribution in [0, 0.1) is 0 Å². The normalized spacial score (nSPS) is 14.6. The Bertz CT molecular complexity index is 794. The first-order chi connectivity index (χ1) is 11.7. The molecule has 0 bridgehead atoms. The fraction of sp³-hybridized carbons (Fsp3) is 0.235. The molecule has 1 fully saturated rings. The topological polar surface area (TPSA) is 104 Å². The average Bonchev–Trinajstić information content (AvgIpc) is 2.57. The number of H-pyrrole nitrogens is 1. The Morgan fingerprint density at radius 3 is 2.83 bits per heavy atom. The molecule has 3 heterocycles. The van der Waals surface area contributed by atoms with Gasteiger partial charge in [0.25, 0.3) is 5.56 Å². The van der Waals surface area contributed by atoms with Crippen LogP contribution in [0.3, 0.4) is 0 Å². The number of hydrogen-bond acceptors (Lipinski definition) is 5. The van der Waals surface area contributed by atoms with Gasteiger partial charge in [-0.3, -0.25) is 14.6 Å². The van der Waals surface area contributed by atoms with E-state index in [-0.39, 0.29) is 17.5 Å². The second kappa shape index (κ2) is 7.10. The Kier molecular flexibility index (Phi) is 4.72. The number of nitrogens with zero attached hydrogens (tertiary/aromatic N) is 2. The monoisotopic (exact) mass is 325 g/mol. The van der Waals surface area contributed by atoms with Gasteiger partial charge >= 0.3 is 0 Å². The number of hydrogen-bond donors (Lipinski definition) is 3. The molecule has 1 saturated heterocycles. The van der Waals surface area contributed by atoms with E-state index in [2.05, 4.69) is 15.3 Å². The molecule has 124 valence electrons. The van der Waals surface area contributed by atoms with Crippen molar-refractivity contribution in [1.82, 2.24) is 14.9 Å². The molecule has 1 aliphatic rings. The van der Waals surface area contributed by atoms with Crippen molar-refractivity contribution in [3.8, 4) is 11.1 Å². The molecule has 0 aromatic carbocycles. The Balaban J connectivity index is 1.66. The zero-order chi connectivity index (χ0) is 16.9. The maximum Gasteiger partial charge on any atom is 0.271 e. The average molecular weight is 325 g/mol. The van der Waals surface area contributed by atoms with Crippen LogP contribution in [0.4, 0.5) is 5.69 Å². The van der Waals surface area contributed by atoms with Gasteiger partial charge in [0.2, 0.25) is 5.91 Å². The minimum absolute atomic E-state index is 0.0575. The predicted molar refractivity (Wildman–Crippen MR) is 92.5 cm³/mol. The van der Waals surface area contributed by atoms with Gasteiger partial charge in [-0.25, -0.2) is 0 Å². The van der Waals surface area contributed by atoms with Crippen LogP contribution in [0.2, 0.25) is 0 Å². The summed E-state index contributed by atoms with van der Waals surface area (Å²) in [5, 5.41) is 3.20. The highest BCUT2D eigenvalue weighted by Gasteiger charge is 2.29. The third-order valence-corrected chi connectivity index (χ3v) is 3.87. The Morgan fingerprint density at radius 1 is 1.38 bits per heavy atom. The molecule has 0 atom stereocenters. The third-order valence-electron chi connectivity index (χ3n) is 3.87. The van der Waals surface area contributed by atoms with Crippen molar-refractivity contribution < 1.29 is 4.79 Å². The highest BCUT2D eigenvalue weighted by atomic mass is 16.2. The molecular weight excluding hydrogens is 306 g/mol. The van der Waals surface area contributed by atoms with Crippen molar-refractivity contribution in [1.29, 1.82) is 0 Å². The minimum Gasteiger partial charge on any atom is -0.374 e. The molecule has 2 aromatic heterocycles. The fourth-order valence-corrected chi connectivity index (χ4v) is 2.55. The van der Waals surface area contributed by atoms with Gasteiger partial charge < -0.3 is 20.9 Å². The van der Waals surface area contributed by atoms with Gasteiger partial charge in [-0.15, -0.1) is 0 Å². The number of carbonyl (C=O) groups excluding carboxylic acids is 1. The van der Waals surface area contributed by atoms with Crippen molar-refractivity contribution in [2.45, 2.75) is 6.04 Å². The van der Waals surface area contributed by atoms with Crippen molar-refractivity contribution in [3.63, 3.8) is 0 Å². The van der Waals surface area contributed by atoms with Gasteiger partial charge in [-0.05, 0) is 23.8 Å². The number of likely N-dealkylation sites (tertiary alicyclic amines) is 1. The van der Waals surface area contributed by atoms with E-state index in [1.807, 2.05) is 18.2 Å². The highest BCUT2D eigenvalue weighted by molar-refractivity contribution is 5.88. The van der Waals surface area contributed by atoms with E-state index >= 15 is 0 Å². The first-order valence-corrected chi connectivity index (χ1v) is 7.72. The predicted octanol–water partition coefficient (Wildman–Crippen LogP) is 0.574. The molecule has 2 aromatic rings. The highest BCUT2D eigenvalue weighted by Crippen LogP contribution is 2.20. The number of rotatable bonds is 5. The van der Waals surface area contributed by atoms with Crippen LogP contribution < -0.4 is 16.6 Å². The Labute approximate surface area is 139 Å². The van der Waals surface area contributed by atoms with Crippen LogP contribution in [0.5, 0.6) is 0 Å². The minimum atomic E-state index is -0.180. The number of aromatic nitrogens is 2. The molecule has 0 spiro atoms. The number of nitrogens with two attached hydrogens (primary N) is 1. The molecule has 1 aliphatic heterocycles. The summed E-state index contributed by atoms with van der Waals surface area (Å²) in [6.45, 7) is 1.47. The summed E-state index contributed by atoms with van der Waals surface area (Å²) in [5.41, 5.74) is 7.53. The van der Waals surface area contributed by atoms with Crippen LogP contribution in [0.25, 0.3) is 11.1 Å². The summed E-state index contributed by atoms with van der Waals surface area (Å²) in [6.07, 6.45) is 8.20. The van der Waals surface area contributed by atoms with Gasteiger partial charge in [0.05, 0.1) is 6.04 Å². The lowest BCUT2D eigenvalue weighted by Gasteiger charge is -2.39. The summed E-state index contributed by atoms with van der Waals surface area (Å²) in [5.74, 6) is -0.0575. The van der Waals surface area contributed by atoms with Crippen LogP contribution in [0.15, 0.2) is 53.7 Å². The molecule has 7 nitrogen and oxygen atoms in total. The van der Waals surface area contributed by atoms with Gasteiger partial charge in [0.15, 0.2) is 0 Å². The third kappa shape index (κ3) is 3.52. The number of carbonyl (C=O) groups is 1. The maximum absolute atomic E-state index is 12.0. The van der Waals surface area contributed by atoms with E-state index in [0.717, 1.165) is 11.1 Å². The second-order valence-corrected chi connectivity index (χ2v) is 5.59. The SMILES string of the molecule is NC/C=C/C(=O)N1CC(Nc2cc(-c3ccncc3)c[nH]c2=O)C1. The van der Waals surface area contributed by atoms with E-state index in [1.165, 1.54) is 6.08 Å². The number of nitrogens with one attached hydrogen (secondary N) is 2. The smallest absolute Gasteiger partial charge is 0.271 e. The van der Waals surface area contributed by atoms with E-state index in [0.29, 0.717) is 25.3 Å². The molecule has 0 saturated carbocycles. The number of amides is 1. The first-order valence-electron chi connectivity index (χ1n) is 7.72. The van der Waals surface area contributed by atoms with Crippen LogP contribution >= 0.6 is 0 Å². The van der Waals surface area contributed by atoms with Crippen molar-refractivity contribution in [2.24, 2.45) is 5.73 Å². The van der Waals surface area contributed by atoms with Crippen molar-refractivity contribution >= 4 is 11.6 Å². The van der Waals surface area contributed by atoms with Crippen molar-refractivity contribution in [3.05, 3.63) is 59.3 Å². The summed E-state index contributed by atoms with van der Waals surface area (Å²) in [4.78, 5) is 32.2. The molecule has 0 radical (unpaired) electrons. The van der Waals surface area contributed by atoms with E-state index in [1.54, 1.807) is 29.6 Å². The van der Waals surface area contributed by atoms with E-state index in [9.17, 15) is 9.59 Å².